The number of fused-ring (bicyclic) bond motifs is 1. The Bertz CT molecular complexity index is 1110. The third kappa shape index (κ3) is 5.02. The van der Waals surface area contributed by atoms with Crippen LogP contribution in [0.2, 0.25) is 0 Å². The molecule has 3 rings (SSSR count). The van der Waals surface area contributed by atoms with Crippen LogP contribution in [0.15, 0.2) is 59.5 Å². The first-order valence-electron chi connectivity index (χ1n) is 9.21. The number of hydrogen-bond acceptors (Lipinski definition) is 7. The summed E-state index contributed by atoms with van der Waals surface area (Å²) < 4.78 is 32.9. The van der Waals surface area contributed by atoms with Crippen LogP contribution in [0, 0.1) is 0 Å². The van der Waals surface area contributed by atoms with Gasteiger partial charge in [0.15, 0.2) is 11.7 Å². The van der Waals surface area contributed by atoms with Gasteiger partial charge in [-0.25, -0.2) is 13.4 Å². The molecule has 10 heteroatoms. The molecule has 0 fully saturated rings. The van der Waals surface area contributed by atoms with E-state index >= 15 is 0 Å². The van der Waals surface area contributed by atoms with Gasteiger partial charge in [-0.3, -0.25) is 14.5 Å². The molecule has 1 heterocycles. The van der Waals surface area contributed by atoms with Crippen LogP contribution < -0.4 is 9.62 Å². The summed E-state index contributed by atoms with van der Waals surface area (Å²) in [7, 11) is -3.88. The quantitative estimate of drug-likeness (QED) is 0.532. The van der Waals surface area contributed by atoms with Crippen LogP contribution in [-0.2, 0) is 24.3 Å². The van der Waals surface area contributed by atoms with Gasteiger partial charge in [-0.2, -0.15) is 4.72 Å². The van der Waals surface area contributed by atoms with Gasteiger partial charge in [-0.05, 0) is 38.1 Å². The topological polar surface area (TPSA) is 106 Å². The molecule has 0 aliphatic heterocycles. The Morgan fingerprint density at radius 2 is 1.80 bits per heavy atom. The van der Waals surface area contributed by atoms with Crippen molar-refractivity contribution in [2.24, 2.45) is 0 Å². The molecule has 1 amide bonds. The maximum atomic E-state index is 12.6. The largest absolute Gasteiger partial charge is 0.454 e. The van der Waals surface area contributed by atoms with Gasteiger partial charge in [0.1, 0.15) is 6.04 Å². The number of benzene rings is 2. The van der Waals surface area contributed by atoms with Crippen LogP contribution >= 0.6 is 11.3 Å². The Hall–Kier alpha value is -2.82. The summed E-state index contributed by atoms with van der Waals surface area (Å²) in [4.78, 5) is 30.7. The first kappa shape index (κ1) is 21.9. The van der Waals surface area contributed by atoms with Crippen molar-refractivity contribution in [1.82, 2.24) is 9.71 Å². The minimum Gasteiger partial charge on any atom is -0.454 e. The number of rotatable bonds is 8. The van der Waals surface area contributed by atoms with E-state index in [4.69, 9.17) is 4.74 Å². The van der Waals surface area contributed by atoms with Gasteiger partial charge in [0.2, 0.25) is 10.0 Å². The number of esters is 1. The highest BCUT2D eigenvalue weighted by Crippen LogP contribution is 2.28. The van der Waals surface area contributed by atoms with Gasteiger partial charge in [-0.15, -0.1) is 0 Å². The zero-order valence-electron chi connectivity index (χ0n) is 16.4. The fourth-order valence-electron chi connectivity index (χ4n) is 2.68. The molecule has 0 spiro atoms. The second-order valence-electron chi connectivity index (χ2n) is 6.37. The van der Waals surface area contributed by atoms with E-state index < -0.39 is 34.5 Å². The molecule has 1 N–H and O–H groups in total. The Balaban J connectivity index is 1.60. The molecule has 3 aromatic rings. The Kier molecular flexibility index (Phi) is 6.80. The maximum absolute atomic E-state index is 12.6. The van der Waals surface area contributed by atoms with Crippen LogP contribution in [0.5, 0.6) is 0 Å². The molecular formula is C20H21N3O5S2. The average molecular weight is 448 g/mol. The number of hydrogen-bond donors (Lipinski definition) is 1. The summed E-state index contributed by atoms with van der Waals surface area (Å²) in [6.07, 6.45) is 0. The van der Waals surface area contributed by atoms with Crippen molar-refractivity contribution in [2.75, 3.05) is 18.1 Å². The average Bonchev–Trinajstić information content (AvgIpc) is 3.16. The number of carbonyl (C=O) groups excluding carboxylic acids is 2. The summed E-state index contributed by atoms with van der Waals surface area (Å²) in [5.74, 6) is -1.29. The molecule has 1 atom stereocenters. The predicted molar refractivity (Wildman–Crippen MR) is 115 cm³/mol. The van der Waals surface area contributed by atoms with E-state index in [0.29, 0.717) is 11.7 Å². The first-order valence-corrected chi connectivity index (χ1v) is 11.5. The molecule has 2 aromatic carbocycles. The van der Waals surface area contributed by atoms with E-state index in [1.807, 2.05) is 24.3 Å². The predicted octanol–water partition coefficient (Wildman–Crippen LogP) is 2.56. The summed E-state index contributed by atoms with van der Waals surface area (Å²) in [6.45, 7) is 2.99. The molecule has 0 radical (unpaired) electrons. The standard InChI is InChI=1S/C20H21N3O5S2/c1-3-23(20-21-16-11-7-8-12-17(16)29-20)18(24)13-28-19(25)14(2)22-30(26,27)15-9-5-4-6-10-15/h4-12,14,22H,3,13H2,1-2H3/t14-/m0/s1. The number of sulfonamides is 1. The van der Waals surface area contributed by atoms with Gasteiger partial charge < -0.3 is 4.74 Å². The van der Waals surface area contributed by atoms with Crippen molar-refractivity contribution in [1.29, 1.82) is 0 Å². The van der Waals surface area contributed by atoms with Crippen molar-refractivity contribution in [3.63, 3.8) is 0 Å². The molecular weight excluding hydrogens is 426 g/mol. The van der Waals surface area contributed by atoms with Gasteiger partial charge >= 0.3 is 5.97 Å². The lowest BCUT2D eigenvalue weighted by Gasteiger charge is -2.18. The number of anilines is 1. The van der Waals surface area contributed by atoms with Gasteiger partial charge in [0.25, 0.3) is 5.91 Å². The highest BCUT2D eigenvalue weighted by atomic mass is 32.2. The summed E-state index contributed by atoms with van der Waals surface area (Å²) in [6, 6.07) is 14.1. The smallest absolute Gasteiger partial charge is 0.324 e. The SMILES string of the molecule is CCN(C(=O)COC(=O)[C@H](C)NS(=O)(=O)c1ccccc1)c1nc2ccccc2s1. The zero-order valence-corrected chi connectivity index (χ0v) is 18.1. The number of aromatic nitrogens is 1. The first-order chi connectivity index (χ1) is 14.3. The molecule has 8 nitrogen and oxygen atoms in total. The Morgan fingerprint density at radius 1 is 1.13 bits per heavy atom. The van der Waals surface area contributed by atoms with E-state index in [-0.39, 0.29) is 4.90 Å². The number of nitrogens with zero attached hydrogens (tertiary/aromatic N) is 2. The van der Waals surface area contributed by atoms with Crippen LogP contribution in [0.3, 0.4) is 0 Å². The number of nitrogens with one attached hydrogen (secondary N) is 1. The van der Waals surface area contributed by atoms with E-state index in [0.717, 1.165) is 10.2 Å². The van der Waals surface area contributed by atoms with Crippen molar-refractivity contribution < 1.29 is 22.7 Å². The summed E-state index contributed by atoms with van der Waals surface area (Å²) in [5.41, 5.74) is 0.782. The minimum atomic E-state index is -3.88. The summed E-state index contributed by atoms with van der Waals surface area (Å²) >= 11 is 1.37. The number of amides is 1. The summed E-state index contributed by atoms with van der Waals surface area (Å²) in [5, 5.41) is 0.512. The highest BCUT2D eigenvalue weighted by Gasteiger charge is 2.25. The Labute approximate surface area is 178 Å². The lowest BCUT2D eigenvalue weighted by atomic mass is 10.3. The van der Waals surface area contributed by atoms with Crippen molar-refractivity contribution >= 4 is 48.6 Å². The van der Waals surface area contributed by atoms with Crippen LogP contribution in [0.25, 0.3) is 10.2 Å². The molecule has 158 valence electrons. The lowest BCUT2D eigenvalue weighted by Crippen LogP contribution is -2.41. The number of ether oxygens (including phenoxy) is 1. The van der Waals surface area contributed by atoms with Gasteiger partial charge in [0, 0.05) is 6.54 Å². The fraction of sp³-hybridized carbons (Fsp3) is 0.250. The second kappa shape index (κ2) is 9.33. The molecule has 0 aliphatic rings. The van der Waals surface area contributed by atoms with E-state index in [9.17, 15) is 18.0 Å². The van der Waals surface area contributed by atoms with Crippen LogP contribution in [0.1, 0.15) is 13.8 Å². The van der Waals surface area contributed by atoms with E-state index in [2.05, 4.69) is 9.71 Å². The third-order valence-electron chi connectivity index (χ3n) is 4.21. The number of para-hydroxylation sites is 1. The molecule has 0 saturated carbocycles. The molecule has 0 saturated heterocycles. The van der Waals surface area contributed by atoms with E-state index in [1.165, 1.54) is 35.3 Å². The third-order valence-corrected chi connectivity index (χ3v) is 6.82. The molecule has 30 heavy (non-hydrogen) atoms. The maximum Gasteiger partial charge on any atom is 0.324 e. The number of likely N-dealkylation sites (N-methyl/N-ethyl adjacent to an activating group) is 1. The zero-order chi connectivity index (χ0) is 21.7. The van der Waals surface area contributed by atoms with Crippen molar-refractivity contribution in [2.45, 2.75) is 24.8 Å². The van der Waals surface area contributed by atoms with E-state index in [1.54, 1.807) is 25.1 Å². The number of carbonyl (C=O) groups is 2. The fourth-order valence-corrected chi connectivity index (χ4v) is 4.94. The van der Waals surface area contributed by atoms with Crippen LogP contribution in [-0.4, -0.2) is 44.5 Å². The molecule has 0 aliphatic carbocycles. The van der Waals surface area contributed by atoms with Crippen molar-refractivity contribution in [3.8, 4) is 0 Å². The molecule has 0 bridgehead atoms. The lowest BCUT2D eigenvalue weighted by molar-refractivity contribution is -0.149. The minimum absolute atomic E-state index is 0.0359. The monoisotopic (exact) mass is 447 g/mol. The highest BCUT2D eigenvalue weighted by molar-refractivity contribution is 7.89. The Morgan fingerprint density at radius 3 is 2.47 bits per heavy atom. The normalized spacial score (nSPS) is 12.5. The second-order valence-corrected chi connectivity index (χ2v) is 9.09. The van der Waals surface area contributed by atoms with Crippen molar-refractivity contribution in [3.05, 3.63) is 54.6 Å². The van der Waals surface area contributed by atoms with Gasteiger partial charge in [0.05, 0.1) is 15.1 Å². The molecule has 0 unspecified atom stereocenters. The van der Waals surface area contributed by atoms with Crippen LogP contribution in [0.4, 0.5) is 5.13 Å². The number of thiazole rings is 1. The molecule has 1 aromatic heterocycles. The van der Waals surface area contributed by atoms with Gasteiger partial charge in [-0.1, -0.05) is 41.7 Å².